The van der Waals surface area contributed by atoms with Crippen molar-refractivity contribution in [1.29, 1.82) is 0 Å². The standard InChI is InChI=1S/C16H13Cl2F3N4O2/c17-11-5-10-9(1-2-15(10,27)16(19,20)21)12(18)13(11)25-14(26)24-7-8-6-22-3-4-23-8/h3-6,27H,1-2,7H2,(H2,24,25,26). The van der Waals surface area contributed by atoms with Gasteiger partial charge in [-0.2, -0.15) is 13.2 Å². The fourth-order valence-corrected chi connectivity index (χ4v) is 3.52. The number of anilines is 1. The largest absolute Gasteiger partial charge is 0.421 e. The van der Waals surface area contributed by atoms with E-state index in [1.165, 1.54) is 18.6 Å². The summed E-state index contributed by atoms with van der Waals surface area (Å²) in [6, 6.07) is 0.315. The molecule has 1 aromatic carbocycles. The number of benzene rings is 1. The Morgan fingerprint density at radius 1 is 1.33 bits per heavy atom. The van der Waals surface area contributed by atoms with Gasteiger partial charge in [-0.15, -0.1) is 0 Å². The van der Waals surface area contributed by atoms with Crippen LogP contribution in [0.15, 0.2) is 24.7 Å². The van der Waals surface area contributed by atoms with Gasteiger partial charge >= 0.3 is 12.2 Å². The Hall–Kier alpha value is -2.10. The summed E-state index contributed by atoms with van der Waals surface area (Å²) in [5.41, 5.74) is -2.82. The van der Waals surface area contributed by atoms with E-state index in [1.54, 1.807) is 0 Å². The summed E-state index contributed by atoms with van der Waals surface area (Å²) in [6.07, 6.45) is -1.12. The zero-order valence-electron chi connectivity index (χ0n) is 13.6. The van der Waals surface area contributed by atoms with Crippen molar-refractivity contribution in [3.63, 3.8) is 0 Å². The van der Waals surface area contributed by atoms with Crippen LogP contribution in [-0.4, -0.2) is 27.3 Å². The Bertz CT molecular complexity index is 880. The van der Waals surface area contributed by atoms with E-state index in [2.05, 4.69) is 20.6 Å². The van der Waals surface area contributed by atoms with Crippen LogP contribution in [0.3, 0.4) is 0 Å². The van der Waals surface area contributed by atoms with Crippen molar-refractivity contribution in [2.75, 3.05) is 5.32 Å². The Morgan fingerprint density at radius 2 is 2.07 bits per heavy atom. The van der Waals surface area contributed by atoms with Crippen LogP contribution < -0.4 is 10.6 Å². The molecule has 0 fully saturated rings. The third-order valence-electron chi connectivity index (χ3n) is 4.26. The monoisotopic (exact) mass is 420 g/mol. The second-order valence-corrected chi connectivity index (χ2v) is 6.72. The second kappa shape index (κ2) is 7.14. The number of nitrogens with one attached hydrogen (secondary N) is 2. The van der Waals surface area contributed by atoms with E-state index in [9.17, 15) is 23.1 Å². The number of aromatic nitrogens is 2. The first-order valence-corrected chi connectivity index (χ1v) is 8.49. The molecule has 144 valence electrons. The highest BCUT2D eigenvalue weighted by molar-refractivity contribution is 6.40. The van der Waals surface area contributed by atoms with E-state index in [-0.39, 0.29) is 34.3 Å². The quantitative estimate of drug-likeness (QED) is 0.704. The lowest BCUT2D eigenvalue weighted by Gasteiger charge is -2.27. The number of carbonyl (C=O) groups is 1. The van der Waals surface area contributed by atoms with E-state index in [0.29, 0.717) is 5.69 Å². The molecule has 6 nitrogen and oxygen atoms in total. The molecule has 1 unspecified atom stereocenters. The number of nitrogens with zero attached hydrogens (tertiary/aromatic N) is 2. The summed E-state index contributed by atoms with van der Waals surface area (Å²) in [5, 5.41) is 14.6. The third-order valence-corrected chi connectivity index (χ3v) is 4.97. The van der Waals surface area contributed by atoms with Gasteiger partial charge in [-0.1, -0.05) is 23.2 Å². The van der Waals surface area contributed by atoms with E-state index in [4.69, 9.17) is 23.2 Å². The summed E-state index contributed by atoms with van der Waals surface area (Å²) < 4.78 is 39.7. The molecule has 1 aliphatic rings. The number of urea groups is 1. The van der Waals surface area contributed by atoms with Gasteiger partial charge in [0, 0.05) is 12.4 Å². The van der Waals surface area contributed by atoms with Gasteiger partial charge in [0.1, 0.15) is 0 Å². The topological polar surface area (TPSA) is 87.1 Å². The molecular weight excluding hydrogens is 408 g/mol. The first-order chi connectivity index (χ1) is 12.6. The van der Waals surface area contributed by atoms with E-state index in [1.807, 2.05) is 0 Å². The van der Waals surface area contributed by atoms with E-state index >= 15 is 0 Å². The number of alkyl halides is 3. The lowest BCUT2D eigenvalue weighted by molar-refractivity contribution is -0.265. The van der Waals surface area contributed by atoms with Crippen molar-refractivity contribution in [3.05, 3.63) is 51.5 Å². The van der Waals surface area contributed by atoms with Gasteiger partial charge in [0.25, 0.3) is 0 Å². The molecular formula is C16H13Cl2F3N4O2. The number of fused-ring (bicyclic) bond motifs is 1. The molecule has 0 radical (unpaired) electrons. The molecule has 3 rings (SSSR count). The lowest BCUT2D eigenvalue weighted by Crippen LogP contribution is -2.40. The Morgan fingerprint density at radius 3 is 2.70 bits per heavy atom. The van der Waals surface area contributed by atoms with Crippen LogP contribution in [0.2, 0.25) is 10.0 Å². The predicted molar refractivity (Wildman–Crippen MR) is 92.6 cm³/mol. The van der Waals surface area contributed by atoms with Crippen LogP contribution in [0.4, 0.5) is 23.7 Å². The van der Waals surface area contributed by atoms with Crippen LogP contribution in [-0.2, 0) is 18.6 Å². The highest BCUT2D eigenvalue weighted by Gasteiger charge is 2.58. The molecule has 3 N–H and O–H groups in total. The molecule has 27 heavy (non-hydrogen) atoms. The number of halogens is 5. The first-order valence-electron chi connectivity index (χ1n) is 7.73. The Labute approximate surface area is 161 Å². The number of aliphatic hydroxyl groups is 1. The molecule has 2 amide bonds. The third kappa shape index (κ3) is 3.67. The number of amides is 2. The average Bonchev–Trinajstić information content (AvgIpc) is 2.96. The SMILES string of the molecule is O=C(NCc1cnccn1)Nc1c(Cl)cc2c(c1Cl)CCC2(O)C(F)(F)F. The summed E-state index contributed by atoms with van der Waals surface area (Å²) in [6.45, 7) is 0.0771. The summed E-state index contributed by atoms with van der Waals surface area (Å²) in [7, 11) is 0. The Balaban J connectivity index is 1.81. The molecule has 2 aromatic rings. The zero-order chi connectivity index (χ0) is 19.8. The van der Waals surface area contributed by atoms with Gasteiger partial charge in [0.2, 0.25) is 0 Å². The van der Waals surface area contributed by atoms with Crippen molar-refractivity contribution >= 4 is 34.9 Å². The molecule has 1 aliphatic carbocycles. The number of carbonyl (C=O) groups excluding carboxylic acids is 1. The molecule has 0 saturated heterocycles. The fraction of sp³-hybridized carbons (Fsp3) is 0.312. The van der Waals surface area contributed by atoms with Crippen LogP contribution in [0.5, 0.6) is 0 Å². The number of hydrogen-bond donors (Lipinski definition) is 3. The number of hydrogen-bond acceptors (Lipinski definition) is 4. The first kappa shape index (κ1) is 19.7. The fourth-order valence-electron chi connectivity index (χ4n) is 2.87. The summed E-state index contributed by atoms with van der Waals surface area (Å²) in [5.74, 6) is 0. The maximum Gasteiger partial charge on any atom is 0.421 e. The molecule has 1 heterocycles. The average molecular weight is 421 g/mol. The minimum atomic E-state index is -4.87. The number of rotatable bonds is 3. The van der Waals surface area contributed by atoms with Gasteiger partial charge in [-0.3, -0.25) is 9.97 Å². The van der Waals surface area contributed by atoms with Gasteiger partial charge in [0.15, 0.2) is 5.60 Å². The Kier molecular flexibility index (Phi) is 5.20. The summed E-state index contributed by atoms with van der Waals surface area (Å²) in [4.78, 5) is 19.9. The van der Waals surface area contributed by atoms with Crippen molar-refractivity contribution in [1.82, 2.24) is 15.3 Å². The molecule has 1 atom stereocenters. The summed E-state index contributed by atoms with van der Waals surface area (Å²) >= 11 is 12.2. The predicted octanol–water partition coefficient (Wildman–Crippen LogP) is 3.80. The van der Waals surface area contributed by atoms with Gasteiger partial charge < -0.3 is 15.7 Å². The lowest BCUT2D eigenvalue weighted by atomic mass is 9.95. The van der Waals surface area contributed by atoms with Crippen LogP contribution in [0.25, 0.3) is 0 Å². The molecule has 0 saturated carbocycles. The minimum absolute atomic E-state index is 0.0276. The highest BCUT2D eigenvalue weighted by Crippen LogP contribution is 2.52. The van der Waals surface area contributed by atoms with Gasteiger partial charge in [-0.05, 0) is 30.0 Å². The highest BCUT2D eigenvalue weighted by atomic mass is 35.5. The smallest absolute Gasteiger partial charge is 0.376 e. The van der Waals surface area contributed by atoms with Crippen LogP contribution in [0, 0.1) is 0 Å². The normalized spacial score (nSPS) is 18.9. The minimum Gasteiger partial charge on any atom is -0.376 e. The maximum absolute atomic E-state index is 13.2. The van der Waals surface area contributed by atoms with Crippen molar-refractivity contribution < 1.29 is 23.1 Å². The van der Waals surface area contributed by atoms with Gasteiger partial charge in [-0.25, -0.2) is 4.79 Å². The molecule has 0 aliphatic heterocycles. The van der Waals surface area contributed by atoms with Crippen molar-refractivity contribution in [2.45, 2.75) is 31.2 Å². The van der Waals surface area contributed by atoms with Crippen molar-refractivity contribution in [2.24, 2.45) is 0 Å². The molecule has 11 heteroatoms. The molecule has 1 aromatic heterocycles. The van der Waals surface area contributed by atoms with E-state index in [0.717, 1.165) is 6.07 Å². The van der Waals surface area contributed by atoms with Gasteiger partial charge in [0.05, 0.1) is 34.2 Å². The molecule has 0 bridgehead atoms. The van der Waals surface area contributed by atoms with E-state index < -0.39 is 29.8 Å². The second-order valence-electron chi connectivity index (χ2n) is 5.94. The van der Waals surface area contributed by atoms with Crippen LogP contribution >= 0.6 is 23.2 Å². The van der Waals surface area contributed by atoms with Crippen molar-refractivity contribution in [3.8, 4) is 0 Å². The zero-order valence-corrected chi connectivity index (χ0v) is 15.1. The van der Waals surface area contributed by atoms with Crippen LogP contribution in [0.1, 0.15) is 23.2 Å². The maximum atomic E-state index is 13.2. The molecule has 0 spiro atoms.